The number of hydrogen-bond donors (Lipinski definition) is 0. The Bertz CT molecular complexity index is 974. The zero-order chi connectivity index (χ0) is 22.5. The molecule has 4 nitrogen and oxygen atoms in total. The quantitative estimate of drug-likeness (QED) is 0.442. The number of rotatable bonds is 3. The Morgan fingerprint density at radius 1 is 1.03 bits per heavy atom. The van der Waals surface area contributed by atoms with Gasteiger partial charge in [0.05, 0.1) is 6.61 Å². The second kappa shape index (κ2) is 10.6. The number of aryl methyl sites for hydroxylation is 2. The second-order valence-electron chi connectivity index (χ2n) is 9.35. The lowest BCUT2D eigenvalue weighted by Gasteiger charge is -2.46. The Morgan fingerprint density at radius 3 is 2.50 bits per heavy atom. The molecular weight excluding hydrogens is 414 g/mol. The number of aromatic nitrogens is 2. The molecule has 0 unspecified atom stereocenters. The molecule has 2 aromatic carbocycles. The van der Waals surface area contributed by atoms with Crippen LogP contribution >= 0.6 is 11.5 Å². The summed E-state index contributed by atoms with van der Waals surface area (Å²) in [5, 5.41) is 1.02. The zero-order valence-electron chi connectivity index (χ0n) is 19.7. The summed E-state index contributed by atoms with van der Waals surface area (Å²) in [6.45, 7) is 10.8. The van der Waals surface area contributed by atoms with E-state index in [-0.39, 0.29) is 0 Å². The molecule has 1 saturated heterocycles. The Hall–Kier alpha value is -2.24. The van der Waals surface area contributed by atoms with Crippen molar-refractivity contribution in [2.75, 3.05) is 13.2 Å². The van der Waals surface area contributed by atoms with Gasteiger partial charge in [-0.2, -0.15) is 4.37 Å². The maximum atomic E-state index is 6.00. The first-order valence-corrected chi connectivity index (χ1v) is 12.6. The van der Waals surface area contributed by atoms with Crippen molar-refractivity contribution in [3.05, 3.63) is 76.6 Å². The van der Waals surface area contributed by atoms with Gasteiger partial charge in [0.15, 0.2) is 0 Å². The van der Waals surface area contributed by atoms with Crippen molar-refractivity contribution < 1.29 is 4.74 Å². The Morgan fingerprint density at radius 2 is 1.84 bits per heavy atom. The molecule has 5 rings (SSSR count). The maximum Gasteiger partial charge on any atom is 0.129 e. The van der Waals surface area contributed by atoms with Crippen LogP contribution in [0.4, 0.5) is 0 Å². The average Bonchev–Trinajstić information content (AvgIpc) is 3.30. The van der Waals surface area contributed by atoms with E-state index in [1.54, 1.807) is 6.33 Å². The summed E-state index contributed by atoms with van der Waals surface area (Å²) in [5.41, 5.74) is 4.13. The third kappa shape index (κ3) is 5.38. The molecule has 3 aromatic rings. The lowest BCUT2D eigenvalue weighted by molar-refractivity contribution is 0.0347. The predicted molar refractivity (Wildman–Crippen MR) is 132 cm³/mol. The largest absolute Gasteiger partial charge is 0.493 e. The van der Waals surface area contributed by atoms with Gasteiger partial charge in [0, 0.05) is 24.1 Å². The third-order valence-electron chi connectivity index (χ3n) is 6.86. The monoisotopic (exact) mass is 449 g/mol. The summed E-state index contributed by atoms with van der Waals surface area (Å²) in [4.78, 5) is 6.59. The molecule has 3 heterocycles. The van der Waals surface area contributed by atoms with Gasteiger partial charge in [0.1, 0.15) is 17.1 Å². The van der Waals surface area contributed by atoms with Crippen molar-refractivity contribution >= 4 is 11.5 Å². The Labute approximate surface area is 196 Å². The minimum atomic E-state index is 0.470. The highest BCUT2D eigenvalue weighted by Gasteiger charge is 2.37. The minimum Gasteiger partial charge on any atom is -0.493 e. The molecule has 0 N–H and O–H groups in total. The Balaban J connectivity index is 0.000000354. The lowest BCUT2D eigenvalue weighted by Crippen LogP contribution is -2.42. The van der Waals surface area contributed by atoms with E-state index in [2.05, 4.69) is 83.6 Å². The number of piperidine rings is 1. The lowest BCUT2D eigenvalue weighted by atomic mass is 9.79. The topological polar surface area (TPSA) is 38.2 Å². The number of likely N-dealkylation sites (tertiary alicyclic amines) is 1. The molecule has 32 heavy (non-hydrogen) atoms. The first kappa shape index (κ1) is 22.9. The minimum absolute atomic E-state index is 0.470. The molecule has 0 radical (unpaired) electrons. The van der Waals surface area contributed by atoms with Gasteiger partial charge < -0.3 is 4.74 Å². The van der Waals surface area contributed by atoms with Crippen molar-refractivity contribution in [1.29, 1.82) is 0 Å². The standard InChI is InChI=1S/C24H31NO.C3H4N2S/c1-17(2)20-11-13-25(23(16-20)19-7-5-4-6-8-19)22-12-14-26-24-15-18(3)9-10-21(22)24;1-3-4-2-5-6-3/h4-10,15,17,20,22-23H,11-14,16H2,1-3H3;2H,1H3/t20-,22-,23+;/m0./s1. The molecule has 2 aliphatic rings. The van der Waals surface area contributed by atoms with Crippen LogP contribution in [0.5, 0.6) is 5.75 Å². The number of fused-ring (bicyclic) bond motifs is 1. The van der Waals surface area contributed by atoms with Crippen LogP contribution in [0.3, 0.4) is 0 Å². The van der Waals surface area contributed by atoms with Crippen LogP contribution in [0.2, 0.25) is 0 Å². The highest BCUT2D eigenvalue weighted by atomic mass is 32.1. The predicted octanol–water partition coefficient (Wildman–Crippen LogP) is 6.77. The smallest absolute Gasteiger partial charge is 0.129 e. The summed E-state index contributed by atoms with van der Waals surface area (Å²) in [6, 6.07) is 18.9. The molecule has 0 bridgehead atoms. The van der Waals surface area contributed by atoms with Gasteiger partial charge in [-0.1, -0.05) is 56.3 Å². The molecule has 0 amide bonds. The highest BCUT2D eigenvalue weighted by molar-refractivity contribution is 7.05. The van der Waals surface area contributed by atoms with Gasteiger partial charge in [0.2, 0.25) is 0 Å². The highest BCUT2D eigenvalue weighted by Crippen LogP contribution is 2.46. The van der Waals surface area contributed by atoms with Gasteiger partial charge in [0.25, 0.3) is 0 Å². The molecule has 1 aromatic heterocycles. The van der Waals surface area contributed by atoms with E-state index in [9.17, 15) is 0 Å². The maximum absolute atomic E-state index is 6.00. The van der Waals surface area contributed by atoms with Crippen molar-refractivity contribution in [3.8, 4) is 5.75 Å². The molecule has 170 valence electrons. The average molecular weight is 450 g/mol. The van der Waals surface area contributed by atoms with Gasteiger partial charge in [-0.15, -0.1) is 0 Å². The van der Waals surface area contributed by atoms with Gasteiger partial charge in [-0.25, -0.2) is 4.98 Å². The van der Waals surface area contributed by atoms with E-state index in [0.29, 0.717) is 12.1 Å². The summed E-state index contributed by atoms with van der Waals surface area (Å²) >= 11 is 1.42. The molecule has 3 atom stereocenters. The zero-order valence-corrected chi connectivity index (χ0v) is 20.5. The van der Waals surface area contributed by atoms with Gasteiger partial charge >= 0.3 is 0 Å². The van der Waals surface area contributed by atoms with Crippen LogP contribution in [-0.4, -0.2) is 27.4 Å². The molecule has 0 aliphatic carbocycles. The molecular formula is C27H35N3OS. The van der Waals surface area contributed by atoms with Crippen LogP contribution in [0, 0.1) is 25.7 Å². The summed E-state index contributed by atoms with van der Waals surface area (Å²) in [5.74, 6) is 2.67. The SMILES string of the molecule is Cc1ccc2c(c1)OCC[C@@H]2N1CC[C@H](C(C)C)C[C@@H]1c1ccccc1.Cc1ncns1. The summed E-state index contributed by atoms with van der Waals surface area (Å²) in [6.07, 6.45) is 5.21. The molecule has 2 aliphatic heterocycles. The van der Waals surface area contributed by atoms with Crippen LogP contribution < -0.4 is 4.74 Å². The van der Waals surface area contributed by atoms with Gasteiger partial charge in [-0.05, 0) is 73.8 Å². The number of nitrogens with zero attached hydrogens (tertiary/aromatic N) is 3. The first-order valence-electron chi connectivity index (χ1n) is 11.8. The fourth-order valence-electron chi connectivity index (χ4n) is 5.04. The molecule has 0 saturated carbocycles. The summed E-state index contributed by atoms with van der Waals surface area (Å²) < 4.78 is 9.75. The summed E-state index contributed by atoms with van der Waals surface area (Å²) in [7, 11) is 0. The van der Waals surface area contributed by atoms with E-state index < -0.39 is 0 Å². The normalized spacial score (nSPS) is 23.1. The van der Waals surface area contributed by atoms with E-state index in [4.69, 9.17) is 4.74 Å². The Kier molecular flexibility index (Phi) is 7.59. The van der Waals surface area contributed by atoms with Crippen LogP contribution in [0.15, 0.2) is 54.9 Å². The second-order valence-corrected chi connectivity index (χ2v) is 10.3. The van der Waals surface area contributed by atoms with Crippen molar-refractivity contribution in [2.24, 2.45) is 11.8 Å². The van der Waals surface area contributed by atoms with Crippen molar-refractivity contribution in [3.63, 3.8) is 0 Å². The fourth-order valence-corrected chi connectivity index (χ4v) is 5.38. The third-order valence-corrected chi connectivity index (χ3v) is 7.43. The van der Waals surface area contributed by atoms with Crippen molar-refractivity contribution in [1.82, 2.24) is 14.3 Å². The fraction of sp³-hybridized carbons (Fsp3) is 0.481. The van der Waals surface area contributed by atoms with Crippen LogP contribution in [-0.2, 0) is 0 Å². The molecule has 1 fully saturated rings. The number of benzene rings is 2. The first-order chi connectivity index (χ1) is 15.5. The van der Waals surface area contributed by atoms with Crippen molar-refractivity contribution in [2.45, 2.75) is 59.0 Å². The number of ether oxygens (including phenoxy) is 1. The van der Waals surface area contributed by atoms with Crippen LogP contribution in [0.1, 0.15) is 66.9 Å². The molecule has 0 spiro atoms. The van der Waals surface area contributed by atoms with E-state index in [0.717, 1.165) is 35.6 Å². The van der Waals surface area contributed by atoms with E-state index >= 15 is 0 Å². The van der Waals surface area contributed by atoms with Crippen LogP contribution in [0.25, 0.3) is 0 Å². The van der Waals surface area contributed by atoms with Gasteiger partial charge in [-0.3, -0.25) is 4.90 Å². The van der Waals surface area contributed by atoms with E-state index in [1.807, 2.05) is 6.92 Å². The molecule has 5 heteroatoms. The number of hydrogen-bond acceptors (Lipinski definition) is 5. The van der Waals surface area contributed by atoms with E-state index in [1.165, 1.54) is 47.6 Å².